The zero-order valence-electron chi connectivity index (χ0n) is 15.3. The van der Waals surface area contributed by atoms with Crippen molar-refractivity contribution in [1.29, 1.82) is 0 Å². The minimum Gasteiger partial charge on any atom is -0.481 e. The number of hydrogen-bond donors (Lipinski definition) is 1. The molecule has 1 aliphatic heterocycles. The van der Waals surface area contributed by atoms with Crippen molar-refractivity contribution in [2.24, 2.45) is 0 Å². The van der Waals surface area contributed by atoms with Gasteiger partial charge in [0.25, 0.3) is 0 Å². The molecular formula is C20H21FN4O2. The van der Waals surface area contributed by atoms with E-state index < -0.39 is 0 Å². The molecule has 27 heavy (non-hydrogen) atoms. The summed E-state index contributed by atoms with van der Waals surface area (Å²) in [6.45, 7) is 3.31. The maximum atomic E-state index is 14.5. The van der Waals surface area contributed by atoms with E-state index in [0.29, 0.717) is 35.6 Å². The van der Waals surface area contributed by atoms with Crippen LogP contribution in [0.1, 0.15) is 31.2 Å². The van der Waals surface area contributed by atoms with Gasteiger partial charge in [-0.2, -0.15) is 5.10 Å². The molecule has 0 bridgehead atoms. The Morgan fingerprint density at radius 2 is 2.22 bits per heavy atom. The zero-order chi connectivity index (χ0) is 19.0. The number of nitrogens with one attached hydrogen (secondary N) is 1. The number of aryl methyl sites for hydroxylation is 1. The molecule has 1 atom stereocenters. The first-order valence-electron chi connectivity index (χ1n) is 9.10. The zero-order valence-corrected chi connectivity index (χ0v) is 15.3. The van der Waals surface area contributed by atoms with Crippen LogP contribution in [0.3, 0.4) is 0 Å². The summed E-state index contributed by atoms with van der Waals surface area (Å²) in [6.07, 6.45) is 3.22. The summed E-state index contributed by atoms with van der Waals surface area (Å²) in [7, 11) is 1.53. The standard InChI is InChI=1S/C20H21FN4O2/c1-3-25-18-10-12(9-16(21)15(18)11-23-25)17-7-6-14(20(24-17)27-2)13-5-4-8-22-19(13)26/h6-7,9-11,13H,3-5,8H2,1-2H3,(H,22,26). The predicted octanol–water partition coefficient (Wildman–Crippen LogP) is 3.26. The Balaban J connectivity index is 1.78. The summed E-state index contributed by atoms with van der Waals surface area (Å²) >= 11 is 0. The molecule has 3 aromatic rings. The molecule has 1 aromatic carbocycles. The highest BCUT2D eigenvalue weighted by molar-refractivity contribution is 5.86. The molecule has 0 spiro atoms. The Labute approximate surface area is 156 Å². The quantitative estimate of drug-likeness (QED) is 0.767. The number of pyridine rings is 1. The number of carbonyl (C=O) groups is 1. The molecule has 0 radical (unpaired) electrons. The Morgan fingerprint density at radius 3 is 2.96 bits per heavy atom. The van der Waals surface area contributed by atoms with Crippen LogP contribution in [-0.2, 0) is 11.3 Å². The molecule has 6 nitrogen and oxygen atoms in total. The first kappa shape index (κ1) is 17.5. The van der Waals surface area contributed by atoms with Crippen molar-refractivity contribution in [3.63, 3.8) is 0 Å². The van der Waals surface area contributed by atoms with Gasteiger partial charge >= 0.3 is 0 Å². The molecule has 1 aliphatic rings. The first-order chi connectivity index (χ1) is 13.1. The van der Waals surface area contributed by atoms with Crippen molar-refractivity contribution in [2.75, 3.05) is 13.7 Å². The number of hydrogen-bond acceptors (Lipinski definition) is 4. The fraction of sp³-hybridized carbons (Fsp3) is 0.350. The van der Waals surface area contributed by atoms with Gasteiger partial charge < -0.3 is 10.1 Å². The normalized spacial score (nSPS) is 17.1. The maximum absolute atomic E-state index is 14.5. The van der Waals surface area contributed by atoms with Crippen molar-refractivity contribution >= 4 is 16.8 Å². The van der Waals surface area contributed by atoms with Crippen LogP contribution >= 0.6 is 0 Å². The highest BCUT2D eigenvalue weighted by atomic mass is 19.1. The van der Waals surface area contributed by atoms with Crippen LogP contribution in [0, 0.1) is 5.82 Å². The molecule has 1 fully saturated rings. The molecule has 1 N–H and O–H groups in total. The van der Waals surface area contributed by atoms with Gasteiger partial charge in [0.1, 0.15) is 5.82 Å². The lowest BCUT2D eigenvalue weighted by atomic mass is 9.91. The van der Waals surface area contributed by atoms with E-state index in [0.717, 1.165) is 23.9 Å². The average molecular weight is 368 g/mol. The van der Waals surface area contributed by atoms with Crippen LogP contribution in [0.25, 0.3) is 22.2 Å². The fourth-order valence-corrected chi connectivity index (χ4v) is 3.64. The molecule has 1 unspecified atom stereocenters. The van der Waals surface area contributed by atoms with Gasteiger partial charge in [0.2, 0.25) is 11.8 Å². The molecule has 1 amide bonds. The van der Waals surface area contributed by atoms with E-state index in [4.69, 9.17) is 4.74 Å². The van der Waals surface area contributed by atoms with Crippen LogP contribution in [-0.4, -0.2) is 34.3 Å². The topological polar surface area (TPSA) is 69.0 Å². The third-order valence-corrected chi connectivity index (χ3v) is 5.05. The van der Waals surface area contributed by atoms with Crippen molar-refractivity contribution in [1.82, 2.24) is 20.1 Å². The number of fused-ring (bicyclic) bond motifs is 1. The van der Waals surface area contributed by atoms with Crippen molar-refractivity contribution in [2.45, 2.75) is 32.2 Å². The third-order valence-electron chi connectivity index (χ3n) is 5.05. The van der Waals surface area contributed by atoms with E-state index in [1.54, 1.807) is 4.68 Å². The van der Waals surface area contributed by atoms with Crippen LogP contribution in [0.5, 0.6) is 5.88 Å². The van der Waals surface area contributed by atoms with E-state index >= 15 is 0 Å². The molecule has 0 saturated carbocycles. The van der Waals surface area contributed by atoms with Crippen molar-refractivity contribution in [3.8, 4) is 17.1 Å². The average Bonchev–Trinajstić information content (AvgIpc) is 3.11. The Hall–Kier alpha value is -2.96. The molecule has 1 saturated heterocycles. The summed E-state index contributed by atoms with van der Waals surface area (Å²) in [5.74, 6) is -0.206. The smallest absolute Gasteiger partial charge is 0.227 e. The van der Waals surface area contributed by atoms with Crippen LogP contribution in [0.4, 0.5) is 4.39 Å². The number of ether oxygens (including phenoxy) is 1. The van der Waals surface area contributed by atoms with E-state index in [-0.39, 0.29) is 17.6 Å². The third kappa shape index (κ3) is 3.03. The number of halogens is 1. The molecule has 0 aliphatic carbocycles. The second-order valence-corrected chi connectivity index (χ2v) is 6.63. The number of methoxy groups -OCH3 is 1. The molecule has 3 heterocycles. The van der Waals surface area contributed by atoms with Crippen molar-refractivity contribution in [3.05, 3.63) is 41.8 Å². The number of nitrogens with zero attached hydrogens (tertiary/aromatic N) is 3. The lowest BCUT2D eigenvalue weighted by Crippen LogP contribution is -2.35. The van der Waals surface area contributed by atoms with Gasteiger partial charge in [0, 0.05) is 24.2 Å². The van der Waals surface area contributed by atoms with E-state index in [2.05, 4.69) is 15.4 Å². The summed E-state index contributed by atoms with van der Waals surface area (Å²) in [6, 6.07) is 7.01. The SMILES string of the molecule is CCn1ncc2c(F)cc(-c3ccc(C4CCCNC4=O)c(OC)n3)cc21. The van der Waals surface area contributed by atoms with Gasteiger partial charge in [-0.1, -0.05) is 6.07 Å². The first-order valence-corrected chi connectivity index (χ1v) is 9.10. The summed E-state index contributed by atoms with van der Waals surface area (Å²) in [5, 5.41) is 7.59. The van der Waals surface area contributed by atoms with Crippen LogP contribution in [0.2, 0.25) is 0 Å². The van der Waals surface area contributed by atoms with Gasteiger partial charge in [-0.3, -0.25) is 9.48 Å². The lowest BCUT2D eigenvalue weighted by molar-refractivity contribution is -0.123. The minimum absolute atomic E-state index is 0.00610. The van der Waals surface area contributed by atoms with Gasteiger partial charge in [-0.15, -0.1) is 0 Å². The second-order valence-electron chi connectivity index (χ2n) is 6.63. The predicted molar refractivity (Wildman–Crippen MR) is 100 cm³/mol. The Morgan fingerprint density at radius 1 is 1.37 bits per heavy atom. The van der Waals surface area contributed by atoms with E-state index in [1.165, 1.54) is 19.4 Å². The van der Waals surface area contributed by atoms with E-state index in [9.17, 15) is 9.18 Å². The largest absolute Gasteiger partial charge is 0.481 e. The highest BCUT2D eigenvalue weighted by Gasteiger charge is 2.27. The molecule has 140 valence electrons. The van der Waals surface area contributed by atoms with Crippen LogP contribution < -0.4 is 10.1 Å². The maximum Gasteiger partial charge on any atom is 0.227 e. The molecule has 2 aromatic heterocycles. The van der Waals surface area contributed by atoms with Gasteiger partial charge in [-0.05, 0) is 38.0 Å². The lowest BCUT2D eigenvalue weighted by Gasteiger charge is -2.23. The number of carbonyl (C=O) groups excluding carboxylic acids is 1. The summed E-state index contributed by atoms with van der Waals surface area (Å²) in [5.41, 5.74) is 2.73. The van der Waals surface area contributed by atoms with Crippen molar-refractivity contribution < 1.29 is 13.9 Å². The fourth-order valence-electron chi connectivity index (χ4n) is 3.64. The molecule has 4 rings (SSSR count). The number of benzene rings is 1. The number of aromatic nitrogens is 3. The van der Waals surface area contributed by atoms with E-state index in [1.807, 2.05) is 25.1 Å². The number of piperidine rings is 1. The monoisotopic (exact) mass is 368 g/mol. The highest BCUT2D eigenvalue weighted by Crippen LogP contribution is 2.33. The van der Waals surface area contributed by atoms with Gasteiger partial charge in [0.05, 0.1) is 35.8 Å². The van der Waals surface area contributed by atoms with Gasteiger partial charge in [0.15, 0.2) is 0 Å². The minimum atomic E-state index is -0.335. The van der Waals surface area contributed by atoms with Crippen LogP contribution in [0.15, 0.2) is 30.5 Å². The summed E-state index contributed by atoms with van der Waals surface area (Å²) in [4.78, 5) is 16.8. The molecular weight excluding hydrogens is 347 g/mol. The summed E-state index contributed by atoms with van der Waals surface area (Å²) < 4.78 is 21.7. The van der Waals surface area contributed by atoms with Gasteiger partial charge in [-0.25, -0.2) is 9.37 Å². The molecule has 7 heteroatoms. The number of amides is 1. The second kappa shape index (κ2) is 6.98. The number of rotatable bonds is 4. The Bertz CT molecular complexity index is 1010. The Kier molecular flexibility index (Phi) is 4.51.